The Hall–Kier alpha value is -2.09. The lowest BCUT2D eigenvalue weighted by Gasteiger charge is -2.06. The molecule has 90 valence electrons. The minimum atomic E-state index is -3.83. The zero-order chi connectivity index (χ0) is 12.5. The van der Waals surface area contributed by atoms with Crippen LogP contribution in [0.3, 0.4) is 0 Å². The Morgan fingerprint density at radius 3 is 2.76 bits per heavy atom. The molecule has 17 heavy (non-hydrogen) atoms. The Morgan fingerprint density at radius 2 is 2.18 bits per heavy atom. The summed E-state index contributed by atoms with van der Waals surface area (Å²) in [6, 6.07) is 3.28. The van der Waals surface area contributed by atoms with Crippen LogP contribution < -0.4 is 10.5 Å². The molecule has 0 aliphatic heterocycles. The molecule has 6 nitrogen and oxygen atoms in total. The molecule has 1 aromatic heterocycles. The largest absolute Gasteiger partial charge is 0.396 e. The van der Waals surface area contributed by atoms with Crippen molar-refractivity contribution in [2.24, 2.45) is 0 Å². The molecule has 4 N–H and O–H groups in total. The number of nitrogens with two attached hydrogens (primary N) is 1. The molecule has 0 saturated carbocycles. The molecule has 0 aliphatic carbocycles. The lowest BCUT2D eigenvalue weighted by molar-refractivity contribution is 0.596. The fourth-order valence-electron chi connectivity index (χ4n) is 1.20. The van der Waals surface area contributed by atoms with Crippen LogP contribution in [-0.4, -0.2) is 18.6 Å². The number of nitrogens with one attached hydrogen (secondary N) is 2. The molecule has 2 rings (SSSR count). The van der Waals surface area contributed by atoms with Crippen molar-refractivity contribution in [2.45, 2.75) is 4.90 Å². The van der Waals surface area contributed by atoms with E-state index in [4.69, 9.17) is 5.73 Å². The van der Waals surface area contributed by atoms with Gasteiger partial charge in [0, 0.05) is 6.20 Å². The van der Waals surface area contributed by atoms with E-state index in [9.17, 15) is 12.8 Å². The predicted molar refractivity (Wildman–Crippen MR) is 60.2 cm³/mol. The molecular formula is C9H9FN4O2S. The van der Waals surface area contributed by atoms with Crippen molar-refractivity contribution in [3.8, 4) is 0 Å². The zero-order valence-corrected chi connectivity index (χ0v) is 9.33. The highest BCUT2D eigenvalue weighted by molar-refractivity contribution is 7.92. The third-order valence-electron chi connectivity index (χ3n) is 2.03. The molecule has 1 aromatic carbocycles. The molecule has 0 amide bonds. The molecule has 0 spiro atoms. The number of halogens is 1. The number of anilines is 2. The average molecular weight is 256 g/mol. The summed E-state index contributed by atoms with van der Waals surface area (Å²) >= 11 is 0. The number of benzene rings is 1. The molecule has 8 heteroatoms. The van der Waals surface area contributed by atoms with Crippen molar-refractivity contribution in [1.82, 2.24) is 10.2 Å². The predicted octanol–water partition coefficient (Wildman–Crippen LogP) is 0.932. The molecule has 0 bridgehead atoms. The van der Waals surface area contributed by atoms with Gasteiger partial charge in [-0.15, -0.1) is 0 Å². The Kier molecular flexibility index (Phi) is 2.72. The van der Waals surface area contributed by atoms with Crippen LogP contribution in [0.1, 0.15) is 0 Å². The smallest absolute Gasteiger partial charge is 0.262 e. The number of nitrogens with zero attached hydrogens (tertiary/aromatic N) is 1. The van der Waals surface area contributed by atoms with E-state index in [0.29, 0.717) is 0 Å². The average Bonchev–Trinajstić information content (AvgIpc) is 2.73. The summed E-state index contributed by atoms with van der Waals surface area (Å²) in [6.45, 7) is 0. The highest BCUT2D eigenvalue weighted by Gasteiger charge is 2.16. The van der Waals surface area contributed by atoms with Crippen LogP contribution in [0.25, 0.3) is 0 Å². The molecular weight excluding hydrogens is 247 g/mol. The molecule has 1 heterocycles. The van der Waals surface area contributed by atoms with Gasteiger partial charge in [-0.3, -0.25) is 9.82 Å². The Bertz CT molecular complexity index is 624. The minimum absolute atomic E-state index is 0.104. The summed E-state index contributed by atoms with van der Waals surface area (Å²) in [4.78, 5) is -0.203. The maximum absolute atomic E-state index is 13.2. The van der Waals surface area contributed by atoms with Crippen LogP contribution in [0.15, 0.2) is 35.5 Å². The van der Waals surface area contributed by atoms with Gasteiger partial charge in [0.15, 0.2) is 0 Å². The number of nitrogen functional groups attached to an aromatic ring is 1. The van der Waals surface area contributed by atoms with Gasteiger partial charge in [0.25, 0.3) is 10.0 Å². The van der Waals surface area contributed by atoms with Gasteiger partial charge in [-0.25, -0.2) is 12.8 Å². The van der Waals surface area contributed by atoms with Crippen molar-refractivity contribution >= 4 is 21.4 Å². The molecule has 0 unspecified atom stereocenters. The molecule has 0 radical (unpaired) electrons. The van der Waals surface area contributed by atoms with Crippen molar-refractivity contribution in [2.75, 3.05) is 10.5 Å². The van der Waals surface area contributed by atoms with E-state index in [-0.39, 0.29) is 16.3 Å². The molecule has 0 aliphatic rings. The summed E-state index contributed by atoms with van der Waals surface area (Å²) in [5.74, 6) is -0.778. The van der Waals surface area contributed by atoms with Crippen LogP contribution >= 0.6 is 0 Å². The van der Waals surface area contributed by atoms with Gasteiger partial charge in [-0.05, 0) is 18.2 Å². The molecule has 0 fully saturated rings. The van der Waals surface area contributed by atoms with Gasteiger partial charge >= 0.3 is 0 Å². The van der Waals surface area contributed by atoms with Crippen molar-refractivity contribution in [1.29, 1.82) is 0 Å². The van der Waals surface area contributed by atoms with Gasteiger partial charge < -0.3 is 5.73 Å². The lowest BCUT2D eigenvalue weighted by atomic mass is 10.3. The summed E-state index contributed by atoms with van der Waals surface area (Å²) < 4.78 is 39.0. The van der Waals surface area contributed by atoms with E-state index in [2.05, 4.69) is 14.9 Å². The SMILES string of the molecule is Nc1ccc(S(=O)(=O)Nc2cn[nH]c2)cc1F. The monoisotopic (exact) mass is 256 g/mol. The lowest BCUT2D eigenvalue weighted by Crippen LogP contribution is -2.13. The first-order valence-electron chi connectivity index (χ1n) is 4.56. The highest BCUT2D eigenvalue weighted by atomic mass is 32.2. The number of sulfonamides is 1. The fourth-order valence-corrected chi connectivity index (χ4v) is 2.24. The standard InChI is InChI=1S/C9H9FN4O2S/c10-8-3-7(1-2-9(8)11)17(15,16)14-6-4-12-13-5-6/h1-5,14H,11H2,(H,12,13). The van der Waals surface area contributed by atoms with Crippen molar-refractivity contribution < 1.29 is 12.8 Å². The summed E-state index contributed by atoms with van der Waals surface area (Å²) in [6.07, 6.45) is 2.66. The van der Waals surface area contributed by atoms with Gasteiger partial charge in [0.05, 0.1) is 22.5 Å². The van der Waals surface area contributed by atoms with E-state index in [1.165, 1.54) is 24.5 Å². The Labute approximate surface area is 96.7 Å². The number of rotatable bonds is 3. The van der Waals surface area contributed by atoms with Crippen LogP contribution in [0, 0.1) is 5.82 Å². The van der Waals surface area contributed by atoms with Gasteiger partial charge in [-0.1, -0.05) is 0 Å². The van der Waals surface area contributed by atoms with Gasteiger partial charge in [0.1, 0.15) is 5.82 Å². The summed E-state index contributed by atoms with van der Waals surface area (Å²) in [7, 11) is -3.83. The Balaban J connectivity index is 2.35. The van der Waals surface area contributed by atoms with Crippen LogP contribution in [-0.2, 0) is 10.0 Å². The third kappa shape index (κ3) is 2.36. The summed E-state index contributed by atoms with van der Waals surface area (Å²) in [5, 5.41) is 6.04. The summed E-state index contributed by atoms with van der Waals surface area (Å²) in [5.41, 5.74) is 5.42. The van der Waals surface area contributed by atoms with E-state index in [0.717, 1.165) is 6.07 Å². The van der Waals surface area contributed by atoms with Gasteiger partial charge in [-0.2, -0.15) is 5.10 Å². The van der Waals surface area contributed by atoms with Crippen LogP contribution in [0.2, 0.25) is 0 Å². The zero-order valence-electron chi connectivity index (χ0n) is 8.51. The molecule has 2 aromatic rings. The van der Waals surface area contributed by atoms with E-state index in [1.807, 2.05) is 0 Å². The van der Waals surface area contributed by atoms with E-state index >= 15 is 0 Å². The Morgan fingerprint density at radius 1 is 1.41 bits per heavy atom. The first-order chi connectivity index (χ1) is 7.99. The highest BCUT2D eigenvalue weighted by Crippen LogP contribution is 2.18. The maximum Gasteiger partial charge on any atom is 0.262 e. The maximum atomic E-state index is 13.2. The van der Waals surface area contributed by atoms with Crippen molar-refractivity contribution in [3.63, 3.8) is 0 Å². The third-order valence-corrected chi connectivity index (χ3v) is 3.41. The first-order valence-corrected chi connectivity index (χ1v) is 6.04. The number of hydrogen-bond acceptors (Lipinski definition) is 4. The number of aromatic amines is 1. The fraction of sp³-hybridized carbons (Fsp3) is 0. The van der Waals surface area contributed by atoms with Gasteiger partial charge in [0.2, 0.25) is 0 Å². The van der Waals surface area contributed by atoms with Crippen LogP contribution in [0.5, 0.6) is 0 Å². The first kappa shape index (κ1) is 11.4. The number of H-pyrrole nitrogens is 1. The van der Waals surface area contributed by atoms with Crippen LogP contribution in [0.4, 0.5) is 15.8 Å². The van der Waals surface area contributed by atoms with E-state index in [1.54, 1.807) is 0 Å². The number of hydrogen-bond donors (Lipinski definition) is 3. The number of aromatic nitrogens is 2. The topological polar surface area (TPSA) is 101 Å². The molecule has 0 saturated heterocycles. The van der Waals surface area contributed by atoms with Crippen molar-refractivity contribution in [3.05, 3.63) is 36.4 Å². The normalized spacial score (nSPS) is 11.4. The van der Waals surface area contributed by atoms with E-state index < -0.39 is 15.8 Å². The minimum Gasteiger partial charge on any atom is -0.396 e. The quantitative estimate of drug-likeness (QED) is 0.711. The second-order valence-electron chi connectivity index (χ2n) is 3.28. The second kappa shape index (κ2) is 4.06. The second-order valence-corrected chi connectivity index (χ2v) is 4.96. The molecule has 0 atom stereocenters.